The lowest BCUT2D eigenvalue weighted by Crippen LogP contribution is -2.29. The van der Waals surface area contributed by atoms with Crippen molar-refractivity contribution in [1.82, 2.24) is 20.3 Å². The number of carbonyl (C=O) groups excluding carboxylic acids is 1. The number of nitrogens with zero attached hydrogens (tertiary/aromatic N) is 3. The van der Waals surface area contributed by atoms with Gasteiger partial charge in [0.2, 0.25) is 0 Å². The topological polar surface area (TPSA) is 81.1 Å². The number of halogens is 1. The number of amides is 1. The Morgan fingerprint density at radius 1 is 1.07 bits per heavy atom. The summed E-state index contributed by atoms with van der Waals surface area (Å²) in [6.45, 7) is 1.92. The summed E-state index contributed by atoms with van der Waals surface area (Å²) < 4.78 is 7.60. The summed E-state index contributed by atoms with van der Waals surface area (Å²) in [5.41, 5.74) is 0.952. The molecule has 1 aromatic heterocycles. The first-order valence-electron chi connectivity index (χ1n) is 9.05. The number of carbonyl (C=O) groups is 1. The van der Waals surface area contributed by atoms with Crippen LogP contribution in [0.15, 0.2) is 60.8 Å². The number of piperidine rings is 1. The normalized spacial score (nSPS) is 14.1. The van der Waals surface area contributed by atoms with Gasteiger partial charge in [0.25, 0.3) is 5.91 Å². The number of nitrogens with one attached hydrogen (secondary N) is 2. The van der Waals surface area contributed by atoms with Crippen molar-refractivity contribution in [3.63, 3.8) is 0 Å². The molecule has 2 heterocycles. The lowest BCUT2D eigenvalue weighted by atomic mass is 10.1. The van der Waals surface area contributed by atoms with Crippen molar-refractivity contribution < 1.29 is 9.53 Å². The van der Waals surface area contributed by atoms with E-state index in [1.165, 1.54) is 0 Å². The van der Waals surface area contributed by atoms with Crippen LogP contribution in [0, 0.1) is 0 Å². The van der Waals surface area contributed by atoms with Crippen LogP contribution >= 0.6 is 12.4 Å². The largest absolute Gasteiger partial charge is 0.457 e. The summed E-state index contributed by atoms with van der Waals surface area (Å²) >= 11 is 0. The van der Waals surface area contributed by atoms with E-state index in [-0.39, 0.29) is 18.3 Å². The van der Waals surface area contributed by atoms with Gasteiger partial charge in [-0.15, -0.1) is 17.5 Å². The standard InChI is InChI=1S/C20H21N5O2.ClH/c26-20(19-14-25(24-23-19)16-9-11-21-12-10-16)22-15-5-4-8-18(13-15)27-17-6-2-1-3-7-17;/h1-8,13-14,16,21H,9-12H2,(H,22,26);1H. The number of hydrogen-bond acceptors (Lipinski definition) is 5. The van der Waals surface area contributed by atoms with Gasteiger partial charge in [0.1, 0.15) is 11.5 Å². The molecule has 8 heteroatoms. The predicted octanol–water partition coefficient (Wildman–Crippen LogP) is 3.67. The second-order valence-electron chi connectivity index (χ2n) is 6.46. The third kappa shape index (κ3) is 4.88. The van der Waals surface area contributed by atoms with E-state index < -0.39 is 0 Å². The van der Waals surface area contributed by atoms with Crippen LogP contribution in [-0.4, -0.2) is 34.0 Å². The summed E-state index contributed by atoms with van der Waals surface area (Å²) in [5.74, 6) is 1.11. The Balaban J connectivity index is 0.00000225. The Morgan fingerprint density at radius 3 is 2.61 bits per heavy atom. The van der Waals surface area contributed by atoms with Crippen LogP contribution in [-0.2, 0) is 0 Å². The SMILES string of the molecule is Cl.O=C(Nc1cccc(Oc2ccccc2)c1)c1cn(C2CCNCC2)nn1. The van der Waals surface area contributed by atoms with Crippen LogP contribution < -0.4 is 15.4 Å². The molecule has 2 aromatic carbocycles. The van der Waals surface area contributed by atoms with Gasteiger partial charge in [0.05, 0.1) is 12.2 Å². The average Bonchev–Trinajstić information content (AvgIpc) is 3.20. The summed E-state index contributed by atoms with van der Waals surface area (Å²) in [5, 5.41) is 14.3. The molecule has 2 N–H and O–H groups in total. The minimum atomic E-state index is -0.285. The smallest absolute Gasteiger partial charge is 0.277 e. The molecule has 1 amide bonds. The quantitative estimate of drug-likeness (QED) is 0.684. The molecule has 1 aliphatic rings. The molecular weight excluding hydrogens is 378 g/mol. The second-order valence-corrected chi connectivity index (χ2v) is 6.46. The molecule has 0 spiro atoms. The Morgan fingerprint density at radius 2 is 1.82 bits per heavy atom. The molecule has 0 aliphatic carbocycles. The number of para-hydroxylation sites is 1. The minimum Gasteiger partial charge on any atom is -0.457 e. The third-order valence-electron chi connectivity index (χ3n) is 4.50. The van der Waals surface area contributed by atoms with Crippen molar-refractivity contribution in [2.75, 3.05) is 18.4 Å². The summed E-state index contributed by atoms with van der Waals surface area (Å²) in [6, 6.07) is 17.1. The highest BCUT2D eigenvalue weighted by Gasteiger charge is 2.18. The molecule has 0 unspecified atom stereocenters. The van der Waals surface area contributed by atoms with Crippen molar-refractivity contribution >= 4 is 24.0 Å². The van der Waals surface area contributed by atoms with Crippen LogP contribution in [0.3, 0.4) is 0 Å². The molecule has 1 saturated heterocycles. The average molecular weight is 400 g/mol. The monoisotopic (exact) mass is 399 g/mol. The lowest BCUT2D eigenvalue weighted by Gasteiger charge is -2.22. The van der Waals surface area contributed by atoms with Crippen molar-refractivity contribution in [2.45, 2.75) is 18.9 Å². The van der Waals surface area contributed by atoms with E-state index in [1.807, 2.05) is 48.5 Å². The van der Waals surface area contributed by atoms with Gasteiger partial charge in [0, 0.05) is 11.8 Å². The number of rotatable bonds is 5. The molecule has 0 atom stereocenters. The third-order valence-corrected chi connectivity index (χ3v) is 4.50. The van der Waals surface area contributed by atoms with Gasteiger partial charge in [-0.1, -0.05) is 29.5 Å². The van der Waals surface area contributed by atoms with Gasteiger partial charge in [-0.25, -0.2) is 4.68 Å². The zero-order valence-electron chi connectivity index (χ0n) is 15.2. The highest BCUT2D eigenvalue weighted by atomic mass is 35.5. The molecule has 3 aromatic rings. The molecule has 0 saturated carbocycles. The van der Waals surface area contributed by atoms with E-state index in [2.05, 4.69) is 20.9 Å². The van der Waals surface area contributed by atoms with Gasteiger partial charge >= 0.3 is 0 Å². The highest BCUT2D eigenvalue weighted by Crippen LogP contribution is 2.24. The van der Waals surface area contributed by atoms with Gasteiger partial charge in [-0.05, 0) is 50.2 Å². The van der Waals surface area contributed by atoms with Crippen LogP contribution in [0.2, 0.25) is 0 Å². The fraction of sp³-hybridized carbons (Fsp3) is 0.250. The summed E-state index contributed by atoms with van der Waals surface area (Å²) in [4.78, 5) is 12.5. The molecule has 146 valence electrons. The van der Waals surface area contributed by atoms with E-state index in [4.69, 9.17) is 4.74 Å². The molecule has 1 fully saturated rings. The molecule has 4 rings (SSSR count). The van der Waals surface area contributed by atoms with E-state index in [9.17, 15) is 4.79 Å². The minimum absolute atomic E-state index is 0. The van der Waals surface area contributed by atoms with Crippen LogP contribution in [0.25, 0.3) is 0 Å². The highest BCUT2D eigenvalue weighted by molar-refractivity contribution is 6.02. The first-order valence-corrected chi connectivity index (χ1v) is 9.05. The van der Waals surface area contributed by atoms with E-state index in [1.54, 1.807) is 16.9 Å². The Labute approximate surface area is 169 Å². The number of hydrogen-bond donors (Lipinski definition) is 2. The van der Waals surface area contributed by atoms with Crippen molar-refractivity contribution in [1.29, 1.82) is 0 Å². The molecule has 1 aliphatic heterocycles. The van der Waals surface area contributed by atoms with Gasteiger partial charge in [-0.3, -0.25) is 4.79 Å². The van der Waals surface area contributed by atoms with Crippen molar-refractivity contribution in [2.24, 2.45) is 0 Å². The fourth-order valence-electron chi connectivity index (χ4n) is 3.09. The number of anilines is 1. The molecule has 7 nitrogen and oxygen atoms in total. The first-order chi connectivity index (χ1) is 13.3. The van der Waals surface area contributed by atoms with E-state index >= 15 is 0 Å². The van der Waals surface area contributed by atoms with E-state index in [0.29, 0.717) is 23.2 Å². The fourth-order valence-corrected chi connectivity index (χ4v) is 3.09. The van der Waals surface area contributed by atoms with Crippen LogP contribution in [0.1, 0.15) is 29.4 Å². The Hall–Kier alpha value is -2.90. The Kier molecular flexibility index (Phi) is 6.62. The van der Waals surface area contributed by atoms with Gasteiger partial charge in [-0.2, -0.15) is 0 Å². The van der Waals surface area contributed by atoms with Gasteiger partial charge < -0.3 is 15.4 Å². The Bertz CT molecular complexity index is 910. The lowest BCUT2D eigenvalue weighted by molar-refractivity contribution is 0.102. The molecule has 0 bridgehead atoms. The van der Waals surface area contributed by atoms with Crippen LogP contribution in [0.4, 0.5) is 5.69 Å². The number of ether oxygens (including phenoxy) is 1. The zero-order chi connectivity index (χ0) is 18.5. The summed E-state index contributed by atoms with van der Waals surface area (Å²) in [6.07, 6.45) is 3.70. The maximum Gasteiger partial charge on any atom is 0.277 e. The first kappa shape index (κ1) is 19.9. The molecule has 28 heavy (non-hydrogen) atoms. The maximum absolute atomic E-state index is 12.5. The summed E-state index contributed by atoms with van der Waals surface area (Å²) in [7, 11) is 0. The van der Waals surface area contributed by atoms with E-state index in [0.717, 1.165) is 31.7 Å². The predicted molar refractivity (Wildman–Crippen MR) is 109 cm³/mol. The molecular formula is C20H22ClN5O2. The van der Waals surface area contributed by atoms with Crippen molar-refractivity contribution in [3.8, 4) is 11.5 Å². The van der Waals surface area contributed by atoms with Crippen molar-refractivity contribution in [3.05, 3.63) is 66.5 Å². The number of aromatic nitrogens is 3. The second kappa shape index (κ2) is 9.34. The zero-order valence-corrected chi connectivity index (χ0v) is 16.1. The number of benzene rings is 2. The molecule has 0 radical (unpaired) electrons. The maximum atomic E-state index is 12.5. The van der Waals surface area contributed by atoms with Crippen LogP contribution in [0.5, 0.6) is 11.5 Å². The van der Waals surface area contributed by atoms with Gasteiger partial charge in [0.15, 0.2) is 5.69 Å².